The lowest BCUT2D eigenvalue weighted by Gasteiger charge is -2.10. The van der Waals surface area contributed by atoms with Crippen molar-refractivity contribution in [1.29, 1.82) is 0 Å². The molecule has 0 N–H and O–H groups in total. The van der Waals surface area contributed by atoms with Crippen LogP contribution in [0.3, 0.4) is 0 Å². The number of nitrogens with zero attached hydrogens (tertiary/aromatic N) is 4. The molecule has 6 aromatic heterocycles. The average molecular weight is 639 g/mol. The number of aromatic nitrogens is 4. The van der Waals surface area contributed by atoms with Crippen LogP contribution in [0.15, 0.2) is 163 Å². The van der Waals surface area contributed by atoms with E-state index in [1.807, 2.05) is 36.7 Å². The largest absolute Gasteiger partial charge is 0.456 e. The first-order valence-electron chi connectivity index (χ1n) is 16.7. The number of para-hydroxylation sites is 2. The van der Waals surface area contributed by atoms with Crippen molar-refractivity contribution in [3.05, 3.63) is 158 Å². The van der Waals surface area contributed by atoms with Crippen LogP contribution in [-0.4, -0.2) is 19.4 Å². The fraction of sp³-hybridized carbons (Fsp3) is 0. The smallest absolute Gasteiger partial charge is 0.135 e. The third kappa shape index (κ3) is 3.98. The van der Waals surface area contributed by atoms with Crippen LogP contribution in [0.4, 0.5) is 0 Å². The second-order valence-electron chi connectivity index (χ2n) is 12.9. The fourth-order valence-corrected chi connectivity index (χ4v) is 7.79. The van der Waals surface area contributed by atoms with Gasteiger partial charge in [0, 0.05) is 68.2 Å². The summed E-state index contributed by atoms with van der Waals surface area (Å²) in [5.74, 6) is 0. The van der Waals surface area contributed by atoms with Crippen LogP contribution in [0, 0.1) is 0 Å². The predicted octanol–water partition coefficient (Wildman–Crippen LogP) is 11.6. The van der Waals surface area contributed by atoms with Crippen molar-refractivity contribution in [2.75, 3.05) is 0 Å². The van der Waals surface area contributed by atoms with E-state index in [4.69, 9.17) is 9.40 Å². The van der Waals surface area contributed by atoms with Crippen LogP contribution < -0.4 is 0 Å². The zero-order chi connectivity index (χ0) is 32.8. The van der Waals surface area contributed by atoms with Crippen LogP contribution in [0.25, 0.3) is 105 Å². The van der Waals surface area contributed by atoms with Crippen molar-refractivity contribution in [3.8, 4) is 44.8 Å². The van der Waals surface area contributed by atoms with Gasteiger partial charge in [-0.25, -0.2) is 4.98 Å². The molecule has 0 aliphatic rings. The van der Waals surface area contributed by atoms with Crippen LogP contribution in [0.1, 0.15) is 0 Å². The highest BCUT2D eigenvalue weighted by Crippen LogP contribution is 2.43. The molecule has 0 atom stereocenters. The maximum Gasteiger partial charge on any atom is 0.135 e. The summed E-state index contributed by atoms with van der Waals surface area (Å²) >= 11 is 0. The number of rotatable bonds is 4. The first-order chi connectivity index (χ1) is 24.8. The second-order valence-corrected chi connectivity index (χ2v) is 12.9. The molecular formula is C45H26N4O. The van der Waals surface area contributed by atoms with Gasteiger partial charge in [-0.2, -0.15) is 0 Å². The van der Waals surface area contributed by atoms with E-state index in [9.17, 15) is 0 Å². The Morgan fingerprint density at radius 2 is 0.880 bits per heavy atom. The van der Waals surface area contributed by atoms with Gasteiger partial charge in [0.05, 0.1) is 27.9 Å². The molecule has 0 saturated heterocycles. The Morgan fingerprint density at radius 1 is 0.380 bits per heavy atom. The average Bonchev–Trinajstić information content (AvgIpc) is 3.84. The molecule has 50 heavy (non-hydrogen) atoms. The quantitative estimate of drug-likeness (QED) is 0.192. The minimum Gasteiger partial charge on any atom is -0.456 e. The maximum absolute atomic E-state index is 6.40. The first kappa shape index (κ1) is 27.1. The van der Waals surface area contributed by atoms with Gasteiger partial charge < -0.3 is 8.82 Å². The monoisotopic (exact) mass is 638 g/mol. The summed E-state index contributed by atoms with van der Waals surface area (Å²) in [5, 5.41) is 7.23. The molecule has 232 valence electrons. The molecule has 0 saturated carbocycles. The van der Waals surface area contributed by atoms with E-state index >= 15 is 0 Å². The SMILES string of the molecule is c1ccc2c(c1)c1cc(-c3ccc4oc5ccc(-c6cc(-c7ccncc7)cc(-c7ccncc7)n6)cc5c4c3)cc3c4ccccc4n2c13. The molecular weight excluding hydrogens is 613 g/mol. The third-order valence-corrected chi connectivity index (χ3v) is 10.1. The number of benzene rings is 5. The minimum atomic E-state index is 0.853. The molecule has 5 nitrogen and oxygen atoms in total. The number of furan rings is 1. The molecule has 0 aliphatic carbocycles. The Balaban J connectivity index is 1.10. The summed E-state index contributed by atoms with van der Waals surface area (Å²) in [4.78, 5) is 13.6. The summed E-state index contributed by atoms with van der Waals surface area (Å²) in [6, 6.07) is 47.4. The molecule has 0 aliphatic heterocycles. The van der Waals surface area contributed by atoms with Gasteiger partial charge in [0.1, 0.15) is 11.2 Å². The Labute approximate surface area is 286 Å². The van der Waals surface area contributed by atoms with Gasteiger partial charge in [-0.15, -0.1) is 0 Å². The standard InChI is InChI=1S/C45H26N4O/c1-3-7-41-33(5-1)37-23-31(24-38-34-6-2-4-8-42(34)49(41)45(37)38)29-9-11-43-35(21-29)36-22-30(10-12-44(36)50-43)40-26-32(27-13-17-46-18-14-27)25-39(48-40)28-15-19-47-20-16-28/h1-26H. The van der Waals surface area contributed by atoms with Crippen molar-refractivity contribution < 1.29 is 4.42 Å². The van der Waals surface area contributed by atoms with Gasteiger partial charge >= 0.3 is 0 Å². The number of fused-ring (bicyclic) bond motifs is 9. The first-order valence-corrected chi connectivity index (χ1v) is 16.7. The molecule has 5 aromatic carbocycles. The Morgan fingerprint density at radius 3 is 1.52 bits per heavy atom. The number of hydrogen-bond acceptors (Lipinski definition) is 4. The lowest BCUT2D eigenvalue weighted by molar-refractivity contribution is 0.669. The predicted molar refractivity (Wildman–Crippen MR) is 204 cm³/mol. The van der Waals surface area contributed by atoms with Gasteiger partial charge in [-0.3, -0.25) is 9.97 Å². The Hall–Kier alpha value is -6.85. The third-order valence-electron chi connectivity index (χ3n) is 10.1. The van der Waals surface area contributed by atoms with Crippen LogP contribution in [0.5, 0.6) is 0 Å². The minimum absolute atomic E-state index is 0.853. The molecule has 0 fully saturated rings. The second kappa shape index (κ2) is 10.3. The highest BCUT2D eigenvalue weighted by atomic mass is 16.3. The molecule has 0 bridgehead atoms. The van der Waals surface area contributed by atoms with Crippen LogP contribution in [0.2, 0.25) is 0 Å². The van der Waals surface area contributed by atoms with E-state index in [2.05, 4.69) is 124 Å². The molecule has 0 spiro atoms. The lowest BCUT2D eigenvalue weighted by atomic mass is 9.97. The summed E-state index contributed by atoms with van der Waals surface area (Å²) in [6.45, 7) is 0. The normalized spacial score (nSPS) is 12.0. The van der Waals surface area contributed by atoms with Crippen LogP contribution in [-0.2, 0) is 0 Å². The molecule has 11 aromatic rings. The van der Waals surface area contributed by atoms with Crippen molar-refractivity contribution >= 4 is 60.0 Å². The highest BCUT2D eigenvalue weighted by Gasteiger charge is 2.19. The van der Waals surface area contributed by atoms with E-state index in [0.717, 1.165) is 61.1 Å². The molecule has 5 heteroatoms. The number of hydrogen-bond donors (Lipinski definition) is 0. The molecule has 0 radical (unpaired) electrons. The van der Waals surface area contributed by atoms with E-state index in [1.165, 1.54) is 43.7 Å². The Bertz CT molecular complexity index is 2950. The molecule has 0 unspecified atom stereocenters. The molecule has 6 heterocycles. The maximum atomic E-state index is 6.40. The topological polar surface area (TPSA) is 56.2 Å². The summed E-state index contributed by atoms with van der Waals surface area (Å²) in [5.41, 5.74) is 13.8. The van der Waals surface area contributed by atoms with E-state index in [0.29, 0.717) is 0 Å². The summed E-state index contributed by atoms with van der Waals surface area (Å²) in [7, 11) is 0. The van der Waals surface area contributed by atoms with E-state index in [1.54, 1.807) is 12.4 Å². The van der Waals surface area contributed by atoms with Crippen molar-refractivity contribution in [3.63, 3.8) is 0 Å². The highest BCUT2D eigenvalue weighted by molar-refractivity contribution is 6.24. The van der Waals surface area contributed by atoms with Crippen LogP contribution >= 0.6 is 0 Å². The molecule has 11 rings (SSSR count). The summed E-state index contributed by atoms with van der Waals surface area (Å²) < 4.78 is 8.82. The van der Waals surface area contributed by atoms with E-state index in [-0.39, 0.29) is 0 Å². The lowest BCUT2D eigenvalue weighted by Crippen LogP contribution is -1.91. The van der Waals surface area contributed by atoms with Gasteiger partial charge in [-0.05, 0) is 113 Å². The van der Waals surface area contributed by atoms with Gasteiger partial charge in [0.25, 0.3) is 0 Å². The zero-order valence-electron chi connectivity index (χ0n) is 26.7. The number of pyridine rings is 3. The van der Waals surface area contributed by atoms with Crippen molar-refractivity contribution in [1.82, 2.24) is 19.4 Å². The van der Waals surface area contributed by atoms with Gasteiger partial charge in [0.15, 0.2) is 0 Å². The van der Waals surface area contributed by atoms with Gasteiger partial charge in [0.2, 0.25) is 0 Å². The van der Waals surface area contributed by atoms with Gasteiger partial charge in [-0.1, -0.05) is 42.5 Å². The van der Waals surface area contributed by atoms with Crippen molar-refractivity contribution in [2.45, 2.75) is 0 Å². The fourth-order valence-electron chi connectivity index (χ4n) is 7.79. The Kier molecular flexibility index (Phi) is 5.60. The van der Waals surface area contributed by atoms with Crippen molar-refractivity contribution in [2.24, 2.45) is 0 Å². The van der Waals surface area contributed by atoms with E-state index < -0.39 is 0 Å². The molecule has 0 amide bonds. The zero-order valence-corrected chi connectivity index (χ0v) is 26.7. The summed E-state index contributed by atoms with van der Waals surface area (Å²) in [6.07, 6.45) is 7.26.